The largest absolute Gasteiger partial charge is 0.414 e. The highest BCUT2D eigenvalue weighted by atomic mass is 28.4. The van der Waals surface area contributed by atoms with Gasteiger partial charge in [-0.1, -0.05) is 19.1 Å². The zero-order chi connectivity index (χ0) is 11.6. The van der Waals surface area contributed by atoms with Crippen LogP contribution in [0.5, 0.6) is 0 Å². The van der Waals surface area contributed by atoms with Gasteiger partial charge in [-0.3, -0.25) is 0 Å². The van der Waals surface area contributed by atoms with E-state index in [4.69, 9.17) is 4.43 Å². The van der Waals surface area contributed by atoms with Crippen LogP contribution in [0.2, 0.25) is 19.6 Å². The molecule has 0 bridgehead atoms. The third-order valence-corrected chi connectivity index (χ3v) is 4.20. The molecule has 0 heterocycles. The topological polar surface area (TPSA) is 9.23 Å². The molecular weight excluding hydrogens is 200 g/mol. The van der Waals surface area contributed by atoms with Crippen molar-refractivity contribution in [3.05, 3.63) is 12.2 Å². The molecule has 0 aromatic carbocycles. The van der Waals surface area contributed by atoms with Crippen LogP contribution in [0.1, 0.15) is 33.1 Å². The molecule has 1 aliphatic rings. The summed E-state index contributed by atoms with van der Waals surface area (Å²) < 4.78 is 6.30. The van der Waals surface area contributed by atoms with Crippen LogP contribution in [0.25, 0.3) is 0 Å². The van der Waals surface area contributed by atoms with Gasteiger partial charge in [0.2, 0.25) is 0 Å². The molecule has 88 valence electrons. The van der Waals surface area contributed by atoms with Crippen molar-refractivity contribution in [2.75, 3.05) is 0 Å². The SMILES string of the molecule is C=C(C)[C@@H]1CC[C@@H](C)C[C@H]1O[Si](C)(C)C. The fraction of sp³-hybridized carbons (Fsp3) is 0.846. The highest BCUT2D eigenvalue weighted by Gasteiger charge is 2.32. The predicted molar refractivity (Wildman–Crippen MR) is 69.5 cm³/mol. The number of rotatable bonds is 3. The van der Waals surface area contributed by atoms with Crippen LogP contribution in [-0.4, -0.2) is 14.4 Å². The highest BCUT2D eigenvalue weighted by molar-refractivity contribution is 6.69. The molecule has 0 amide bonds. The molecule has 1 fully saturated rings. The zero-order valence-corrected chi connectivity index (χ0v) is 12.0. The quantitative estimate of drug-likeness (QED) is 0.517. The molecule has 0 aromatic rings. The number of hydrogen-bond donors (Lipinski definition) is 0. The normalized spacial score (nSPS) is 32.7. The Hall–Kier alpha value is -0.0831. The van der Waals surface area contributed by atoms with E-state index in [2.05, 4.69) is 40.1 Å². The Morgan fingerprint density at radius 3 is 2.33 bits per heavy atom. The van der Waals surface area contributed by atoms with Crippen LogP contribution in [0, 0.1) is 11.8 Å². The van der Waals surface area contributed by atoms with E-state index >= 15 is 0 Å². The molecule has 1 aliphatic carbocycles. The van der Waals surface area contributed by atoms with Crippen LogP contribution in [0.4, 0.5) is 0 Å². The van der Waals surface area contributed by atoms with E-state index in [1.807, 2.05) is 0 Å². The van der Waals surface area contributed by atoms with Gasteiger partial charge in [-0.15, -0.1) is 0 Å². The lowest BCUT2D eigenvalue weighted by Crippen LogP contribution is -2.40. The molecule has 0 radical (unpaired) electrons. The van der Waals surface area contributed by atoms with Gasteiger partial charge in [0.05, 0.1) is 6.10 Å². The van der Waals surface area contributed by atoms with Gasteiger partial charge in [0.1, 0.15) is 0 Å². The molecule has 3 atom stereocenters. The van der Waals surface area contributed by atoms with Gasteiger partial charge in [-0.05, 0) is 51.7 Å². The zero-order valence-electron chi connectivity index (χ0n) is 11.0. The van der Waals surface area contributed by atoms with E-state index in [-0.39, 0.29) is 0 Å². The second-order valence-electron chi connectivity index (χ2n) is 6.14. The molecule has 0 aliphatic heterocycles. The Morgan fingerprint density at radius 2 is 1.87 bits per heavy atom. The molecule has 0 spiro atoms. The molecule has 1 rings (SSSR count). The van der Waals surface area contributed by atoms with Gasteiger partial charge in [0.15, 0.2) is 8.32 Å². The van der Waals surface area contributed by atoms with Gasteiger partial charge in [0, 0.05) is 5.92 Å². The fourth-order valence-electron chi connectivity index (χ4n) is 2.48. The van der Waals surface area contributed by atoms with E-state index in [0.29, 0.717) is 12.0 Å². The molecule has 0 saturated heterocycles. The van der Waals surface area contributed by atoms with Crippen molar-refractivity contribution in [2.24, 2.45) is 11.8 Å². The average Bonchev–Trinajstić information content (AvgIpc) is 1.99. The van der Waals surface area contributed by atoms with Crippen molar-refractivity contribution in [1.29, 1.82) is 0 Å². The minimum atomic E-state index is -1.40. The maximum absolute atomic E-state index is 6.30. The van der Waals surface area contributed by atoms with Gasteiger partial charge < -0.3 is 4.43 Å². The summed E-state index contributed by atoms with van der Waals surface area (Å²) in [4.78, 5) is 0. The summed E-state index contributed by atoms with van der Waals surface area (Å²) in [6.45, 7) is 15.5. The predicted octanol–water partition coefficient (Wildman–Crippen LogP) is 4.22. The van der Waals surface area contributed by atoms with Crippen molar-refractivity contribution in [3.63, 3.8) is 0 Å². The van der Waals surface area contributed by atoms with E-state index in [9.17, 15) is 0 Å². The highest BCUT2D eigenvalue weighted by Crippen LogP contribution is 2.35. The lowest BCUT2D eigenvalue weighted by atomic mass is 9.78. The summed E-state index contributed by atoms with van der Waals surface area (Å²) in [5.74, 6) is 1.43. The molecule has 0 N–H and O–H groups in total. The Morgan fingerprint density at radius 1 is 1.27 bits per heavy atom. The second kappa shape index (κ2) is 4.83. The van der Waals surface area contributed by atoms with Crippen molar-refractivity contribution in [3.8, 4) is 0 Å². The number of hydrogen-bond acceptors (Lipinski definition) is 1. The first kappa shape index (κ1) is 13.0. The standard InChI is InChI=1S/C13H26OSi/c1-10(2)12-8-7-11(3)9-13(12)14-15(4,5)6/h11-13H,1,7-9H2,2-6H3/t11-,12+,13-/m1/s1. The van der Waals surface area contributed by atoms with Gasteiger partial charge >= 0.3 is 0 Å². The van der Waals surface area contributed by atoms with Crippen LogP contribution in [-0.2, 0) is 4.43 Å². The monoisotopic (exact) mass is 226 g/mol. The Balaban J connectivity index is 2.66. The third kappa shape index (κ3) is 4.11. The van der Waals surface area contributed by atoms with Gasteiger partial charge in [-0.2, -0.15) is 0 Å². The molecule has 1 saturated carbocycles. The van der Waals surface area contributed by atoms with E-state index in [1.54, 1.807) is 0 Å². The first-order chi connectivity index (χ1) is 6.79. The van der Waals surface area contributed by atoms with E-state index < -0.39 is 8.32 Å². The van der Waals surface area contributed by atoms with E-state index in [1.165, 1.54) is 24.8 Å². The first-order valence-corrected chi connectivity index (χ1v) is 9.53. The lowest BCUT2D eigenvalue weighted by molar-refractivity contribution is 0.0811. The summed E-state index contributed by atoms with van der Waals surface area (Å²) in [5, 5.41) is 0. The first-order valence-electron chi connectivity index (χ1n) is 6.13. The minimum Gasteiger partial charge on any atom is -0.414 e. The molecule has 15 heavy (non-hydrogen) atoms. The lowest BCUT2D eigenvalue weighted by Gasteiger charge is -2.38. The summed E-state index contributed by atoms with van der Waals surface area (Å²) in [6, 6.07) is 0. The van der Waals surface area contributed by atoms with Gasteiger partial charge in [-0.25, -0.2) is 0 Å². The molecule has 2 heteroatoms. The molecular formula is C13H26OSi. The smallest absolute Gasteiger partial charge is 0.184 e. The van der Waals surface area contributed by atoms with Crippen molar-refractivity contribution >= 4 is 8.32 Å². The van der Waals surface area contributed by atoms with E-state index in [0.717, 1.165) is 5.92 Å². The van der Waals surface area contributed by atoms with Crippen molar-refractivity contribution in [2.45, 2.75) is 58.9 Å². The fourth-order valence-corrected chi connectivity index (χ4v) is 3.65. The Kier molecular flexibility index (Phi) is 4.18. The summed E-state index contributed by atoms with van der Waals surface area (Å²) >= 11 is 0. The maximum Gasteiger partial charge on any atom is 0.184 e. The summed E-state index contributed by atoms with van der Waals surface area (Å²) in [7, 11) is -1.40. The second-order valence-corrected chi connectivity index (χ2v) is 10.6. The molecule has 1 nitrogen and oxygen atoms in total. The van der Waals surface area contributed by atoms with Gasteiger partial charge in [0.25, 0.3) is 0 Å². The summed E-state index contributed by atoms with van der Waals surface area (Å²) in [6.07, 6.45) is 4.27. The van der Waals surface area contributed by atoms with Crippen LogP contribution in [0.15, 0.2) is 12.2 Å². The van der Waals surface area contributed by atoms with Crippen LogP contribution >= 0.6 is 0 Å². The molecule has 0 unspecified atom stereocenters. The minimum absolute atomic E-state index is 0.443. The van der Waals surface area contributed by atoms with Crippen LogP contribution in [0.3, 0.4) is 0 Å². The van der Waals surface area contributed by atoms with Crippen molar-refractivity contribution in [1.82, 2.24) is 0 Å². The van der Waals surface area contributed by atoms with Crippen molar-refractivity contribution < 1.29 is 4.43 Å². The summed E-state index contributed by atoms with van der Waals surface area (Å²) in [5.41, 5.74) is 1.31. The average molecular weight is 226 g/mol. The third-order valence-electron chi connectivity index (χ3n) is 3.19. The Labute approximate surface area is 96.0 Å². The Bertz CT molecular complexity index is 229. The maximum atomic E-state index is 6.30. The molecule has 0 aromatic heterocycles. The van der Waals surface area contributed by atoms with Crippen LogP contribution < -0.4 is 0 Å².